The zero-order valence-electron chi connectivity index (χ0n) is 44.1. The second-order valence-electron chi connectivity index (χ2n) is 19.7. The summed E-state index contributed by atoms with van der Waals surface area (Å²) in [5.41, 5.74) is 0. The Bertz CT molecular complexity index is 978. The van der Waals surface area contributed by atoms with Gasteiger partial charge < -0.3 is 19.5 Å². The Labute approximate surface area is 405 Å². The number of esters is 2. The van der Waals surface area contributed by atoms with E-state index in [1.54, 1.807) is 0 Å². The van der Waals surface area contributed by atoms with Gasteiger partial charge in [-0.1, -0.05) is 265 Å². The molecule has 0 fully saturated rings. The molecule has 0 rings (SSSR count). The summed E-state index contributed by atoms with van der Waals surface area (Å²) in [6.45, 7) is 14.0. The van der Waals surface area contributed by atoms with Gasteiger partial charge in [-0.25, -0.2) is 9.59 Å². The van der Waals surface area contributed by atoms with E-state index in [4.69, 9.17) is 9.47 Å². The van der Waals surface area contributed by atoms with Crippen molar-refractivity contribution in [3.05, 3.63) is 24.3 Å². The average molecular weight is 918 g/mol. The normalized spacial score (nSPS) is 12.4. The first-order valence-corrected chi connectivity index (χ1v) is 28.8. The highest BCUT2D eigenvalue weighted by atomic mass is 16.5. The van der Waals surface area contributed by atoms with Crippen LogP contribution in [0.1, 0.15) is 278 Å². The molecule has 0 aliphatic carbocycles. The van der Waals surface area contributed by atoms with Crippen molar-refractivity contribution >= 4 is 11.9 Å². The van der Waals surface area contributed by atoms with Gasteiger partial charge in [-0.3, -0.25) is 4.90 Å². The van der Waals surface area contributed by atoms with Crippen molar-refractivity contribution in [1.29, 1.82) is 0 Å². The van der Waals surface area contributed by atoms with Crippen molar-refractivity contribution in [3.63, 3.8) is 0 Å². The van der Waals surface area contributed by atoms with Crippen LogP contribution in [0.3, 0.4) is 0 Å². The van der Waals surface area contributed by atoms with Crippen molar-refractivity contribution in [2.24, 2.45) is 0 Å². The first-order chi connectivity index (χ1) is 32.0. The van der Waals surface area contributed by atoms with E-state index in [9.17, 15) is 14.7 Å². The summed E-state index contributed by atoms with van der Waals surface area (Å²) in [7, 11) is 0. The second-order valence-corrected chi connectivity index (χ2v) is 19.7. The largest absolute Gasteiger partial charge is 0.463 e. The third-order valence-electron chi connectivity index (χ3n) is 13.0. The number of nitrogens with zero attached hydrogens (tertiary/aromatic N) is 2. The van der Waals surface area contributed by atoms with E-state index in [0.717, 1.165) is 45.2 Å². The topological polar surface area (TPSA) is 79.3 Å². The molecule has 0 saturated heterocycles. The van der Waals surface area contributed by atoms with Gasteiger partial charge in [-0.15, -0.1) is 0 Å². The number of rotatable bonds is 53. The fourth-order valence-corrected chi connectivity index (χ4v) is 8.94. The van der Waals surface area contributed by atoms with E-state index < -0.39 is 6.10 Å². The molecule has 0 heterocycles. The number of aliphatic hydroxyl groups is 1. The van der Waals surface area contributed by atoms with E-state index in [1.165, 1.54) is 230 Å². The van der Waals surface area contributed by atoms with Crippen LogP contribution in [0.2, 0.25) is 0 Å². The Morgan fingerprint density at radius 3 is 0.954 bits per heavy atom. The van der Waals surface area contributed by atoms with Gasteiger partial charge in [0.05, 0.1) is 19.3 Å². The Balaban J connectivity index is 4.70. The summed E-state index contributed by atoms with van der Waals surface area (Å²) in [6.07, 6.45) is 56.9. The fourth-order valence-electron chi connectivity index (χ4n) is 8.94. The van der Waals surface area contributed by atoms with Crippen LogP contribution >= 0.6 is 0 Å². The van der Waals surface area contributed by atoms with Gasteiger partial charge in [-0.2, -0.15) is 0 Å². The average Bonchev–Trinajstić information content (AvgIpc) is 3.29. The van der Waals surface area contributed by atoms with Gasteiger partial charge in [0.1, 0.15) is 0 Å². The Morgan fingerprint density at radius 1 is 0.369 bits per heavy atom. The minimum atomic E-state index is -0.536. The fraction of sp³-hybridized carbons (Fsp3) is 0.897. The molecule has 1 N–H and O–H groups in total. The number of carbonyl (C=O) groups excluding carboxylic acids is 2. The zero-order valence-corrected chi connectivity index (χ0v) is 44.1. The quantitative estimate of drug-likeness (QED) is 0.0370. The molecule has 7 nitrogen and oxygen atoms in total. The molecule has 1 atom stereocenters. The molecule has 0 radical (unpaired) electrons. The molecule has 0 saturated carbocycles. The summed E-state index contributed by atoms with van der Waals surface area (Å²) in [5, 5.41) is 11.3. The Hall–Kier alpha value is -1.70. The highest BCUT2D eigenvalue weighted by molar-refractivity contribution is 5.82. The molecule has 0 aromatic carbocycles. The van der Waals surface area contributed by atoms with E-state index in [0.29, 0.717) is 39.4 Å². The van der Waals surface area contributed by atoms with Crippen LogP contribution in [0, 0.1) is 0 Å². The van der Waals surface area contributed by atoms with Crippen LogP contribution in [0.5, 0.6) is 0 Å². The van der Waals surface area contributed by atoms with Gasteiger partial charge in [0.2, 0.25) is 0 Å². The van der Waals surface area contributed by atoms with Gasteiger partial charge >= 0.3 is 11.9 Å². The third kappa shape index (κ3) is 50.0. The first kappa shape index (κ1) is 63.3. The predicted octanol–water partition coefficient (Wildman–Crippen LogP) is 16.4. The lowest BCUT2D eigenvalue weighted by Crippen LogP contribution is -2.41. The lowest BCUT2D eigenvalue weighted by Gasteiger charge is -2.28. The van der Waals surface area contributed by atoms with Gasteiger partial charge in [-0.05, 0) is 38.8 Å². The molecule has 0 aromatic heterocycles. The molecule has 0 aliphatic rings. The smallest absolute Gasteiger partial charge is 0.330 e. The summed E-state index contributed by atoms with van der Waals surface area (Å²) in [4.78, 5) is 29.6. The lowest BCUT2D eigenvalue weighted by atomic mass is 10.0. The maximum Gasteiger partial charge on any atom is 0.330 e. The van der Waals surface area contributed by atoms with Crippen LogP contribution < -0.4 is 0 Å². The highest BCUT2D eigenvalue weighted by Gasteiger charge is 2.15. The van der Waals surface area contributed by atoms with Gasteiger partial charge in [0.15, 0.2) is 0 Å². The van der Waals surface area contributed by atoms with Crippen LogP contribution in [-0.2, 0) is 19.1 Å². The molecule has 384 valence electrons. The Kier molecular flexibility index (Phi) is 51.9. The number of carbonyl (C=O) groups is 2. The van der Waals surface area contributed by atoms with E-state index in [2.05, 4.69) is 37.5 Å². The zero-order chi connectivity index (χ0) is 47.4. The van der Waals surface area contributed by atoms with E-state index in [-0.39, 0.29) is 11.9 Å². The molecule has 0 bridgehead atoms. The summed E-state index contributed by atoms with van der Waals surface area (Å²) < 4.78 is 11.0. The van der Waals surface area contributed by atoms with Crippen molar-refractivity contribution in [1.82, 2.24) is 9.80 Å². The summed E-state index contributed by atoms with van der Waals surface area (Å²) in [5.74, 6) is -0.624. The van der Waals surface area contributed by atoms with Crippen molar-refractivity contribution in [3.8, 4) is 0 Å². The van der Waals surface area contributed by atoms with Gasteiger partial charge in [0.25, 0.3) is 0 Å². The van der Waals surface area contributed by atoms with Crippen LogP contribution in [0.4, 0.5) is 0 Å². The summed E-state index contributed by atoms with van der Waals surface area (Å²) >= 11 is 0. The van der Waals surface area contributed by atoms with E-state index >= 15 is 0 Å². The van der Waals surface area contributed by atoms with E-state index in [1.807, 2.05) is 12.2 Å². The highest BCUT2D eigenvalue weighted by Crippen LogP contribution is 2.15. The van der Waals surface area contributed by atoms with Crippen LogP contribution in [-0.4, -0.2) is 85.4 Å². The number of aliphatic hydroxyl groups excluding tert-OH is 1. The Morgan fingerprint density at radius 2 is 0.646 bits per heavy atom. The molecule has 1 unspecified atom stereocenters. The SMILES string of the molecule is CCCCCCCCCCCCCCCOC(=O)C=CCN(CC=CC(=O)OCCCCCCCCCCCCCCC)CC(O)CN(CCC)CCCCCCCCCCCCCC. The minimum Gasteiger partial charge on any atom is -0.463 e. The molecule has 0 aliphatic heterocycles. The van der Waals surface area contributed by atoms with Crippen LogP contribution in [0.25, 0.3) is 0 Å². The molecule has 0 aromatic rings. The maximum atomic E-state index is 12.6. The third-order valence-corrected chi connectivity index (χ3v) is 13.0. The van der Waals surface area contributed by atoms with Crippen LogP contribution in [0.15, 0.2) is 24.3 Å². The maximum absolute atomic E-state index is 12.6. The van der Waals surface area contributed by atoms with Crippen molar-refractivity contribution < 1.29 is 24.2 Å². The predicted molar refractivity (Wildman–Crippen MR) is 282 cm³/mol. The number of hydrogen-bond donors (Lipinski definition) is 1. The van der Waals surface area contributed by atoms with Crippen molar-refractivity contribution in [2.45, 2.75) is 284 Å². The number of ether oxygens (including phenoxy) is 2. The van der Waals surface area contributed by atoms with Gasteiger partial charge in [0, 0.05) is 38.3 Å². The number of unbranched alkanes of at least 4 members (excludes halogenated alkanes) is 35. The molecule has 0 spiro atoms. The number of hydrogen-bond acceptors (Lipinski definition) is 7. The van der Waals surface area contributed by atoms with Crippen molar-refractivity contribution in [2.75, 3.05) is 52.5 Å². The standard InChI is InChI=1S/C58H112N2O5/c1-5-9-12-15-18-21-24-27-30-33-36-39-42-52-64-57(62)46-44-50-60(51-45-47-58(63)65-53-43-40-37-34-31-28-25-22-19-16-13-10-6-2)55-56(61)54-59(48-8-4)49-41-38-35-32-29-26-23-20-17-14-11-7-3/h44-47,56,61H,5-43,48-55H2,1-4H3. The lowest BCUT2D eigenvalue weighted by molar-refractivity contribution is -0.138. The molecule has 7 heteroatoms. The first-order valence-electron chi connectivity index (χ1n) is 28.8. The molecule has 0 amide bonds. The molecular formula is C58H112N2O5. The minimum absolute atomic E-state index is 0.312. The second kappa shape index (κ2) is 53.3. The molecular weight excluding hydrogens is 805 g/mol. The monoisotopic (exact) mass is 917 g/mol. The molecule has 65 heavy (non-hydrogen) atoms. The summed E-state index contributed by atoms with van der Waals surface area (Å²) in [6, 6.07) is 0.